The minimum absolute atomic E-state index is 0.00682. The standard InChI is InChI=1S/C38H50N6O5/c1-8-10-11-12-15-47-19-28-23(5)29-16-31-22(4)27(13-14-40-48-20-45)36(43-31)25(7)37-35(38(46)49-39)24(6)32(44-37)18-33-26(9-2)21(3)30(41-33)17-34(28)42-29/h16-18,20,22,27,40-41,44H,8-15,19,39H2,1-7H3/t22-,27-/m0/s1. The van der Waals surface area contributed by atoms with Gasteiger partial charge >= 0.3 is 12.4 Å². The molecule has 3 aromatic rings. The molecule has 0 unspecified atom stereocenters. The van der Waals surface area contributed by atoms with E-state index in [2.05, 4.69) is 62.2 Å². The molecule has 2 aliphatic heterocycles. The Hall–Kier alpha value is -4.32. The summed E-state index contributed by atoms with van der Waals surface area (Å²) in [7, 11) is 0. The average molecular weight is 671 g/mol. The Morgan fingerprint density at radius 1 is 0.959 bits per heavy atom. The van der Waals surface area contributed by atoms with E-state index in [1.54, 1.807) is 0 Å². The number of H-pyrrole nitrogens is 2. The van der Waals surface area contributed by atoms with Crippen molar-refractivity contribution in [3.05, 3.63) is 68.8 Å². The molecule has 0 fully saturated rings. The number of nitrogens with zero attached hydrogens (tertiary/aromatic N) is 2. The number of hydrogen-bond donors (Lipinski definition) is 4. The molecule has 3 aromatic heterocycles. The van der Waals surface area contributed by atoms with Gasteiger partial charge in [0.1, 0.15) is 0 Å². The number of hydrogen-bond acceptors (Lipinski definition) is 9. The highest BCUT2D eigenvalue weighted by atomic mass is 16.7. The Balaban J connectivity index is 1.80. The maximum Gasteiger partial charge on any atom is 0.359 e. The summed E-state index contributed by atoms with van der Waals surface area (Å²) >= 11 is 0. The van der Waals surface area contributed by atoms with Crippen LogP contribution in [-0.2, 0) is 25.6 Å². The third-order valence-electron chi connectivity index (χ3n) is 10.2. The van der Waals surface area contributed by atoms with Crippen LogP contribution in [0.4, 0.5) is 0 Å². The number of aromatic nitrogens is 4. The first-order chi connectivity index (χ1) is 23.6. The molecule has 0 aliphatic carbocycles. The van der Waals surface area contributed by atoms with Crippen molar-refractivity contribution in [3.63, 3.8) is 0 Å². The number of unbranched alkanes of at least 4 members (excludes halogenated alkanes) is 3. The van der Waals surface area contributed by atoms with Crippen LogP contribution in [0, 0.1) is 20.8 Å². The van der Waals surface area contributed by atoms with E-state index in [1.165, 1.54) is 18.4 Å². The van der Waals surface area contributed by atoms with Crippen molar-refractivity contribution in [2.45, 2.75) is 98.8 Å². The number of hydroxylamine groups is 1. The molecule has 0 saturated carbocycles. The van der Waals surface area contributed by atoms with Crippen LogP contribution in [0.15, 0.2) is 18.2 Å². The molecule has 11 heteroatoms. The predicted molar refractivity (Wildman–Crippen MR) is 193 cm³/mol. The third-order valence-corrected chi connectivity index (χ3v) is 10.2. The van der Waals surface area contributed by atoms with Crippen molar-refractivity contribution in [1.82, 2.24) is 25.4 Å². The number of aromatic amines is 2. The summed E-state index contributed by atoms with van der Waals surface area (Å²) < 4.78 is 6.23. The number of ether oxygens (including phenoxy) is 1. The lowest BCUT2D eigenvalue weighted by atomic mass is 9.86. The van der Waals surface area contributed by atoms with Gasteiger partial charge in [-0.2, -0.15) is 11.4 Å². The number of aryl methyl sites for hydroxylation is 4. The van der Waals surface area contributed by atoms with Crippen LogP contribution in [0.2, 0.25) is 0 Å². The Kier molecular flexibility index (Phi) is 11.7. The summed E-state index contributed by atoms with van der Waals surface area (Å²) in [5.74, 6) is 4.79. The van der Waals surface area contributed by atoms with Gasteiger partial charge in [0, 0.05) is 58.5 Å². The first-order valence-corrected chi connectivity index (χ1v) is 17.4. The van der Waals surface area contributed by atoms with E-state index in [0.29, 0.717) is 43.7 Å². The van der Waals surface area contributed by atoms with Crippen molar-refractivity contribution >= 4 is 45.7 Å². The average Bonchev–Trinajstić information content (AvgIpc) is 3.77. The van der Waals surface area contributed by atoms with Gasteiger partial charge < -0.3 is 24.4 Å². The normalized spacial score (nSPS) is 15.9. The van der Waals surface area contributed by atoms with Gasteiger partial charge in [-0.1, -0.05) is 40.0 Å². The van der Waals surface area contributed by atoms with E-state index in [4.69, 9.17) is 30.3 Å². The molecular weight excluding hydrogens is 620 g/mol. The molecular formula is C38H50N6O5. The Bertz CT molecular complexity index is 1910. The fraction of sp³-hybridized carbons (Fsp3) is 0.474. The van der Waals surface area contributed by atoms with E-state index < -0.39 is 5.97 Å². The minimum Gasteiger partial charge on any atom is -0.377 e. The number of rotatable bonds is 14. The molecule has 0 saturated heterocycles. The maximum atomic E-state index is 13.2. The summed E-state index contributed by atoms with van der Waals surface area (Å²) in [4.78, 5) is 51.1. The molecule has 2 atom stereocenters. The summed E-state index contributed by atoms with van der Waals surface area (Å²) in [6.45, 7) is 16.6. The lowest BCUT2D eigenvalue weighted by Crippen LogP contribution is -2.18. The van der Waals surface area contributed by atoms with E-state index in [1.807, 2.05) is 19.9 Å². The number of carbonyl (C=O) groups is 2. The van der Waals surface area contributed by atoms with Crippen molar-refractivity contribution in [1.29, 1.82) is 0 Å². The van der Waals surface area contributed by atoms with Gasteiger partial charge in [0.05, 0.1) is 29.1 Å². The topological polar surface area (TPSA) is 157 Å². The third kappa shape index (κ3) is 7.34. The fourth-order valence-corrected chi connectivity index (χ4v) is 7.17. The first kappa shape index (κ1) is 36.0. The zero-order valence-electron chi connectivity index (χ0n) is 29.8. The maximum absolute atomic E-state index is 13.2. The fourth-order valence-electron chi connectivity index (χ4n) is 7.17. The molecule has 262 valence electrons. The Morgan fingerprint density at radius 2 is 1.73 bits per heavy atom. The molecule has 5 rings (SSSR count). The number of carbonyl (C=O) groups excluding carboxylic acids is 2. The van der Waals surface area contributed by atoms with Gasteiger partial charge in [-0.05, 0) is 93.0 Å². The van der Waals surface area contributed by atoms with Gasteiger partial charge in [-0.3, -0.25) is 9.78 Å². The first-order valence-electron chi connectivity index (χ1n) is 17.4. The number of fused-ring (bicyclic) bond motifs is 8. The molecule has 11 nitrogen and oxygen atoms in total. The molecule has 49 heavy (non-hydrogen) atoms. The zero-order chi connectivity index (χ0) is 35.2. The highest BCUT2D eigenvalue weighted by Crippen LogP contribution is 2.42. The van der Waals surface area contributed by atoms with Crippen LogP contribution in [-0.4, -0.2) is 52.1 Å². The molecule has 2 aliphatic rings. The summed E-state index contributed by atoms with van der Waals surface area (Å²) in [5.41, 5.74) is 15.8. The lowest BCUT2D eigenvalue weighted by Gasteiger charge is -2.17. The SMILES string of the molecule is CCCCCCOCC1=C(C)c2cc3nc(c(C)c4[nH]c(cc5[nH]c(cc1n2)c(C)c5CC)c(C)c4C(=O)ON)[C@@H](CCNOC=O)[C@@H]3C. The summed E-state index contributed by atoms with van der Waals surface area (Å²) in [6.07, 6.45) is 6.04. The smallest absolute Gasteiger partial charge is 0.359 e. The van der Waals surface area contributed by atoms with Crippen LogP contribution >= 0.6 is 0 Å². The highest BCUT2D eigenvalue weighted by molar-refractivity contribution is 6.03. The highest BCUT2D eigenvalue weighted by Gasteiger charge is 2.32. The van der Waals surface area contributed by atoms with Crippen LogP contribution in [0.3, 0.4) is 0 Å². The van der Waals surface area contributed by atoms with Crippen molar-refractivity contribution < 1.29 is 24.0 Å². The molecule has 0 aromatic carbocycles. The van der Waals surface area contributed by atoms with E-state index in [0.717, 1.165) is 86.4 Å². The predicted octanol–water partition coefficient (Wildman–Crippen LogP) is 7.32. The van der Waals surface area contributed by atoms with Crippen LogP contribution in [0.25, 0.3) is 33.2 Å². The molecule has 0 spiro atoms. The molecule has 8 bridgehead atoms. The van der Waals surface area contributed by atoms with Gasteiger partial charge in [0.15, 0.2) is 0 Å². The second-order valence-electron chi connectivity index (χ2n) is 13.1. The van der Waals surface area contributed by atoms with Crippen molar-refractivity contribution in [3.8, 4) is 0 Å². The van der Waals surface area contributed by atoms with E-state index >= 15 is 0 Å². The van der Waals surface area contributed by atoms with Gasteiger partial charge in [-0.25, -0.2) is 9.78 Å². The van der Waals surface area contributed by atoms with Gasteiger partial charge in [-0.15, -0.1) is 0 Å². The summed E-state index contributed by atoms with van der Waals surface area (Å²) in [6, 6.07) is 6.25. The van der Waals surface area contributed by atoms with E-state index in [-0.39, 0.29) is 11.8 Å². The second kappa shape index (κ2) is 15.9. The quantitative estimate of drug-likeness (QED) is 0.0784. The van der Waals surface area contributed by atoms with Crippen LogP contribution in [0.1, 0.15) is 127 Å². The Labute approximate surface area is 288 Å². The van der Waals surface area contributed by atoms with Crippen molar-refractivity contribution in [2.75, 3.05) is 19.8 Å². The largest absolute Gasteiger partial charge is 0.377 e. The van der Waals surface area contributed by atoms with Gasteiger partial charge in [0.25, 0.3) is 0 Å². The van der Waals surface area contributed by atoms with Crippen molar-refractivity contribution in [2.24, 2.45) is 5.90 Å². The lowest BCUT2D eigenvalue weighted by molar-refractivity contribution is -0.135. The zero-order valence-corrected chi connectivity index (χ0v) is 29.8. The Morgan fingerprint density at radius 3 is 2.45 bits per heavy atom. The number of nitrogens with two attached hydrogens (primary N) is 1. The van der Waals surface area contributed by atoms with Crippen LogP contribution in [0.5, 0.6) is 0 Å². The molecule has 0 radical (unpaired) electrons. The van der Waals surface area contributed by atoms with Gasteiger partial charge in [0.2, 0.25) is 0 Å². The minimum atomic E-state index is -0.628. The number of allylic oxidation sites excluding steroid dienone is 1. The molecule has 0 amide bonds. The number of nitrogens with one attached hydrogen (secondary N) is 3. The molecule has 5 N–H and O–H groups in total. The molecule has 5 heterocycles. The van der Waals surface area contributed by atoms with Crippen LogP contribution < -0.4 is 11.4 Å². The van der Waals surface area contributed by atoms with E-state index in [9.17, 15) is 9.59 Å². The monoisotopic (exact) mass is 670 g/mol. The summed E-state index contributed by atoms with van der Waals surface area (Å²) in [5, 5.41) is 0. The second-order valence-corrected chi connectivity index (χ2v) is 13.1.